The van der Waals surface area contributed by atoms with Crippen molar-refractivity contribution in [3.8, 4) is 0 Å². The van der Waals surface area contributed by atoms with Crippen LogP contribution in [0.5, 0.6) is 0 Å². The number of hydrogen-bond acceptors (Lipinski definition) is 3. The van der Waals surface area contributed by atoms with Gasteiger partial charge in [-0.15, -0.1) is 0 Å². The zero-order valence-electron chi connectivity index (χ0n) is 12.8. The summed E-state index contributed by atoms with van der Waals surface area (Å²) in [5.74, 6) is 1.19. The van der Waals surface area contributed by atoms with Crippen LogP contribution in [0.4, 0.5) is 0 Å². The van der Waals surface area contributed by atoms with Gasteiger partial charge in [-0.1, -0.05) is 37.1 Å². The van der Waals surface area contributed by atoms with Crippen LogP contribution in [-0.2, 0) is 0 Å². The van der Waals surface area contributed by atoms with E-state index in [0.717, 1.165) is 18.8 Å². The van der Waals surface area contributed by atoms with Gasteiger partial charge in [0.05, 0.1) is 0 Å². The molecule has 0 bridgehead atoms. The predicted molar refractivity (Wildman–Crippen MR) is 86.2 cm³/mol. The summed E-state index contributed by atoms with van der Waals surface area (Å²) in [6, 6.07) is 9.60. The Morgan fingerprint density at radius 3 is 2.43 bits per heavy atom. The minimum atomic E-state index is 0.204. The van der Waals surface area contributed by atoms with Crippen LogP contribution in [0.1, 0.15) is 61.6 Å². The van der Waals surface area contributed by atoms with E-state index in [-0.39, 0.29) is 12.6 Å². The molecule has 3 heteroatoms. The van der Waals surface area contributed by atoms with E-state index in [1.54, 1.807) is 0 Å². The first kappa shape index (κ1) is 15.0. The largest absolute Gasteiger partial charge is 0.396 e. The molecule has 2 fully saturated rings. The third-order valence-corrected chi connectivity index (χ3v) is 5.18. The first-order valence-electron chi connectivity index (χ1n) is 8.48. The van der Waals surface area contributed by atoms with E-state index in [9.17, 15) is 5.11 Å². The Kier molecular flexibility index (Phi) is 4.94. The lowest BCUT2D eigenvalue weighted by Gasteiger charge is -2.34. The van der Waals surface area contributed by atoms with Crippen molar-refractivity contribution in [2.75, 3.05) is 13.2 Å². The number of hydrogen-bond donors (Lipinski definition) is 3. The van der Waals surface area contributed by atoms with E-state index in [4.69, 9.17) is 5.73 Å². The van der Waals surface area contributed by atoms with Crippen LogP contribution in [0, 0.1) is 5.92 Å². The van der Waals surface area contributed by atoms with Crippen molar-refractivity contribution in [2.45, 2.75) is 56.5 Å². The highest BCUT2D eigenvalue weighted by Gasteiger charge is 2.27. The van der Waals surface area contributed by atoms with Gasteiger partial charge in [0.2, 0.25) is 0 Å². The van der Waals surface area contributed by atoms with Crippen molar-refractivity contribution < 1.29 is 5.11 Å². The van der Waals surface area contributed by atoms with Crippen LogP contribution in [0.15, 0.2) is 24.3 Å². The second-order valence-corrected chi connectivity index (χ2v) is 6.73. The maximum Gasteiger partial charge on any atom is 0.0474 e. The maximum absolute atomic E-state index is 9.55. The molecule has 0 saturated heterocycles. The van der Waals surface area contributed by atoms with E-state index in [0.29, 0.717) is 18.5 Å². The van der Waals surface area contributed by atoms with Crippen molar-refractivity contribution in [3.05, 3.63) is 35.4 Å². The number of nitrogens with one attached hydrogen (secondary N) is 1. The summed E-state index contributed by atoms with van der Waals surface area (Å²) in [5, 5.41) is 13.3. The first-order chi connectivity index (χ1) is 10.3. The van der Waals surface area contributed by atoms with Crippen molar-refractivity contribution in [3.63, 3.8) is 0 Å². The van der Waals surface area contributed by atoms with Gasteiger partial charge in [0.25, 0.3) is 0 Å². The van der Waals surface area contributed by atoms with Gasteiger partial charge in [-0.3, -0.25) is 0 Å². The molecule has 0 amide bonds. The van der Waals surface area contributed by atoms with Crippen LogP contribution in [0.25, 0.3) is 0 Å². The van der Waals surface area contributed by atoms with Gasteiger partial charge in [0.1, 0.15) is 0 Å². The third-order valence-electron chi connectivity index (χ3n) is 5.18. The van der Waals surface area contributed by atoms with E-state index in [1.807, 2.05) is 0 Å². The summed E-state index contributed by atoms with van der Waals surface area (Å²) >= 11 is 0. The highest BCUT2D eigenvalue weighted by molar-refractivity contribution is 5.30. The van der Waals surface area contributed by atoms with Gasteiger partial charge in [0, 0.05) is 25.2 Å². The van der Waals surface area contributed by atoms with Crippen LogP contribution in [0.2, 0.25) is 0 Å². The Hall–Kier alpha value is -0.900. The zero-order chi connectivity index (χ0) is 14.7. The minimum absolute atomic E-state index is 0.204. The molecule has 3 nitrogen and oxygen atoms in total. The molecule has 3 atom stereocenters. The number of rotatable bonds is 6. The first-order valence-corrected chi connectivity index (χ1v) is 8.48. The van der Waals surface area contributed by atoms with Gasteiger partial charge in [0.15, 0.2) is 0 Å². The van der Waals surface area contributed by atoms with Gasteiger partial charge < -0.3 is 16.2 Å². The average molecular weight is 288 g/mol. The molecule has 2 aliphatic rings. The minimum Gasteiger partial charge on any atom is -0.396 e. The molecular weight excluding hydrogens is 260 g/mol. The van der Waals surface area contributed by atoms with Crippen LogP contribution >= 0.6 is 0 Å². The van der Waals surface area contributed by atoms with E-state index in [1.165, 1.54) is 36.8 Å². The van der Waals surface area contributed by atoms with E-state index in [2.05, 4.69) is 29.6 Å². The fourth-order valence-electron chi connectivity index (χ4n) is 3.62. The smallest absolute Gasteiger partial charge is 0.0474 e. The van der Waals surface area contributed by atoms with Crippen molar-refractivity contribution in [2.24, 2.45) is 11.7 Å². The molecule has 0 aliphatic heterocycles. The fraction of sp³-hybridized carbons (Fsp3) is 0.667. The van der Waals surface area contributed by atoms with Gasteiger partial charge in [-0.2, -0.15) is 0 Å². The monoisotopic (exact) mass is 288 g/mol. The van der Waals surface area contributed by atoms with Gasteiger partial charge >= 0.3 is 0 Å². The Morgan fingerprint density at radius 1 is 1.10 bits per heavy atom. The molecule has 21 heavy (non-hydrogen) atoms. The molecule has 0 heterocycles. The number of aliphatic hydroxyl groups excluding tert-OH is 1. The van der Waals surface area contributed by atoms with Crippen molar-refractivity contribution in [1.82, 2.24) is 5.32 Å². The maximum atomic E-state index is 9.55. The van der Waals surface area contributed by atoms with Crippen LogP contribution in [-0.4, -0.2) is 24.3 Å². The molecule has 3 unspecified atom stereocenters. The Balaban J connectivity index is 1.65. The van der Waals surface area contributed by atoms with Crippen LogP contribution in [0.3, 0.4) is 0 Å². The summed E-state index contributed by atoms with van der Waals surface area (Å²) in [7, 11) is 0. The number of nitrogens with two attached hydrogens (primary N) is 1. The number of benzene rings is 1. The summed E-state index contributed by atoms with van der Waals surface area (Å²) in [4.78, 5) is 0. The summed E-state index contributed by atoms with van der Waals surface area (Å²) in [5.41, 5.74) is 8.75. The van der Waals surface area contributed by atoms with E-state index >= 15 is 0 Å². The quantitative estimate of drug-likeness (QED) is 0.754. The highest BCUT2D eigenvalue weighted by atomic mass is 16.3. The molecule has 1 aromatic rings. The lowest BCUT2D eigenvalue weighted by Crippen LogP contribution is -2.44. The summed E-state index contributed by atoms with van der Waals surface area (Å²) < 4.78 is 0. The Bertz CT molecular complexity index is 441. The standard InChI is InChI=1S/C18H28N2O/c19-11-18(20-17-4-2-1-3-16(17)12-21)15-9-7-14(8-10-15)13-5-6-13/h7-10,13,16-18,20-21H,1-6,11-12,19H2. The molecule has 1 aromatic carbocycles. The lowest BCUT2D eigenvalue weighted by molar-refractivity contribution is 0.146. The topological polar surface area (TPSA) is 58.3 Å². The van der Waals surface area contributed by atoms with Gasteiger partial charge in [-0.25, -0.2) is 0 Å². The summed E-state index contributed by atoms with van der Waals surface area (Å²) in [6.45, 7) is 0.896. The summed E-state index contributed by atoms with van der Waals surface area (Å²) in [6.07, 6.45) is 7.48. The molecule has 2 saturated carbocycles. The van der Waals surface area contributed by atoms with Crippen LogP contribution < -0.4 is 11.1 Å². The molecule has 0 radical (unpaired) electrons. The predicted octanol–water partition coefficient (Wildman–Crippen LogP) is 2.70. The zero-order valence-corrected chi connectivity index (χ0v) is 12.8. The molecular formula is C18H28N2O. The molecule has 3 rings (SSSR count). The molecule has 0 spiro atoms. The molecule has 0 aromatic heterocycles. The van der Waals surface area contributed by atoms with Gasteiger partial charge in [-0.05, 0) is 48.6 Å². The Labute approximate surface area is 127 Å². The second-order valence-electron chi connectivity index (χ2n) is 6.73. The fourth-order valence-corrected chi connectivity index (χ4v) is 3.62. The van der Waals surface area contributed by atoms with E-state index < -0.39 is 0 Å². The Morgan fingerprint density at radius 2 is 1.81 bits per heavy atom. The average Bonchev–Trinajstić information content (AvgIpc) is 3.38. The normalized spacial score (nSPS) is 27.5. The molecule has 2 aliphatic carbocycles. The number of aliphatic hydroxyl groups is 1. The van der Waals surface area contributed by atoms with Crippen molar-refractivity contribution >= 4 is 0 Å². The third kappa shape index (κ3) is 3.65. The SMILES string of the molecule is NCC(NC1CCCCC1CO)c1ccc(C2CC2)cc1. The molecule has 4 N–H and O–H groups in total. The van der Waals surface area contributed by atoms with Crippen molar-refractivity contribution in [1.29, 1.82) is 0 Å². The second kappa shape index (κ2) is 6.91. The highest BCUT2D eigenvalue weighted by Crippen LogP contribution is 2.40. The molecule has 116 valence electrons. The lowest BCUT2D eigenvalue weighted by atomic mass is 9.84.